The third kappa shape index (κ3) is 5.68. The summed E-state index contributed by atoms with van der Waals surface area (Å²) in [5, 5.41) is 13.2. The highest BCUT2D eigenvalue weighted by molar-refractivity contribution is 7.10. The maximum atomic E-state index is 13.9. The van der Waals surface area contributed by atoms with E-state index < -0.39 is 6.04 Å². The van der Waals surface area contributed by atoms with Gasteiger partial charge in [-0.25, -0.2) is 4.68 Å². The monoisotopic (exact) mass is 503 g/mol. The number of anilines is 1. The van der Waals surface area contributed by atoms with Gasteiger partial charge in [0.2, 0.25) is 11.8 Å². The Balaban J connectivity index is 1.73. The highest BCUT2D eigenvalue weighted by Gasteiger charge is 2.34. The highest BCUT2D eigenvalue weighted by Crippen LogP contribution is 2.31. The Kier molecular flexibility index (Phi) is 7.90. The van der Waals surface area contributed by atoms with Crippen molar-refractivity contribution in [3.8, 4) is 0 Å². The molecule has 2 amide bonds. The number of Topliss-reactive ketones (excluding diaryl/α,β-unsaturated/α-hetero) is 1. The van der Waals surface area contributed by atoms with Crippen molar-refractivity contribution in [1.29, 1.82) is 0 Å². The highest BCUT2D eigenvalue weighted by atomic mass is 32.1. The van der Waals surface area contributed by atoms with Crippen LogP contribution in [0.3, 0.4) is 0 Å². The molecule has 4 rings (SSSR count). The standard InChI is InChI=1S/C27H29N5O3S/c1-18(2)14-15-28-27(35)26(24-9-6-16-36-24)32(21-12-10-20(11-13-21)19(3)33)25(34)17-31-23-8-5-4-7-22(23)29-30-31/h4-13,16,18,26H,14-15,17H2,1-3H3,(H,28,35)/t26-/m1/s1. The second-order valence-corrected chi connectivity index (χ2v) is 9.97. The molecule has 2 heterocycles. The molecule has 1 N–H and O–H groups in total. The second-order valence-electron chi connectivity index (χ2n) is 8.99. The summed E-state index contributed by atoms with van der Waals surface area (Å²) in [4.78, 5) is 41.5. The van der Waals surface area contributed by atoms with E-state index >= 15 is 0 Å². The van der Waals surface area contributed by atoms with Crippen molar-refractivity contribution in [2.45, 2.75) is 39.8 Å². The van der Waals surface area contributed by atoms with Crippen molar-refractivity contribution in [3.05, 3.63) is 76.5 Å². The van der Waals surface area contributed by atoms with E-state index in [0.29, 0.717) is 29.2 Å². The first-order valence-electron chi connectivity index (χ1n) is 11.9. The molecule has 0 aliphatic carbocycles. The number of fused-ring (bicyclic) bond motifs is 1. The number of aromatic nitrogens is 3. The van der Waals surface area contributed by atoms with Crippen LogP contribution in [0.5, 0.6) is 0 Å². The number of para-hydroxylation sites is 1. The lowest BCUT2D eigenvalue weighted by atomic mass is 10.1. The minimum Gasteiger partial charge on any atom is -0.354 e. The van der Waals surface area contributed by atoms with Crippen LogP contribution >= 0.6 is 11.3 Å². The van der Waals surface area contributed by atoms with Gasteiger partial charge in [-0.1, -0.05) is 37.3 Å². The number of thiophene rings is 1. The maximum Gasteiger partial charge on any atom is 0.249 e. The van der Waals surface area contributed by atoms with Gasteiger partial charge in [0, 0.05) is 22.7 Å². The van der Waals surface area contributed by atoms with Gasteiger partial charge in [-0.3, -0.25) is 19.3 Å². The zero-order valence-electron chi connectivity index (χ0n) is 20.5. The quantitative estimate of drug-likeness (QED) is 0.318. The maximum absolute atomic E-state index is 13.9. The summed E-state index contributed by atoms with van der Waals surface area (Å²) in [6.07, 6.45) is 0.828. The first-order valence-corrected chi connectivity index (χ1v) is 12.8. The summed E-state index contributed by atoms with van der Waals surface area (Å²) in [5.41, 5.74) is 2.46. The van der Waals surface area contributed by atoms with Crippen LogP contribution in [0.25, 0.3) is 11.0 Å². The van der Waals surface area contributed by atoms with Crippen molar-refractivity contribution in [2.24, 2.45) is 5.92 Å². The predicted octanol–water partition coefficient (Wildman–Crippen LogP) is 4.63. The lowest BCUT2D eigenvalue weighted by Crippen LogP contribution is -2.45. The van der Waals surface area contributed by atoms with Crippen LogP contribution < -0.4 is 10.2 Å². The average molecular weight is 504 g/mol. The molecule has 4 aromatic rings. The second kappa shape index (κ2) is 11.3. The fourth-order valence-corrected chi connectivity index (χ4v) is 4.75. The Bertz CT molecular complexity index is 1350. The number of nitrogens with zero attached hydrogens (tertiary/aromatic N) is 4. The van der Waals surface area contributed by atoms with Crippen LogP contribution in [-0.2, 0) is 16.1 Å². The molecule has 0 saturated carbocycles. The lowest BCUT2D eigenvalue weighted by molar-refractivity contribution is -0.126. The van der Waals surface area contributed by atoms with Gasteiger partial charge in [0.25, 0.3) is 0 Å². The van der Waals surface area contributed by atoms with Gasteiger partial charge < -0.3 is 5.32 Å². The third-order valence-electron chi connectivity index (χ3n) is 5.87. The number of ketones is 1. The molecule has 2 aromatic heterocycles. The van der Waals surface area contributed by atoms with Crippen molar-refractivity contribution >= 4 is 45.7 Å². The van der Waals surface area contributed by atoms with E-state index in [1.165, 1.54) is 27.8 Å². The summed E-state index contributed by atoms with van der Waals surface area (Å²) >= 11 is 1.41. The van der Waals surface area contributed by atoms with Crippen molar-refractivity contribution < 1.29 is 14.4 Å². The molecule has 0 aliphatic rings. The van der Waals surface area contributed by atoms with Crippen LogP contribution in [-0.4, -0.2) is 39.1 Å². The van der Waals surface area contributed by atoms with Crippen LogP contribution in [0.1, 0.15) is 48.5 Å². The molecule has 0 saturated heterocycles. The Morgan fingerprint density at radius 1 is 1.03 bits per heavy atom. The first-order chi connectivity index (χ1) is 17.3. The van der Waals surface area contributed by atoms with Crippen LogP contribution in [0.15, 0.2) is 66.0 Å². The number of amides is 2. The van der Waals surface area contributed by atoms with Crippen molar-refractivity contribution in [3.63, 3.8) is 0 Å². The molecule has 0 radical (unpaired) electrons. The Morgan fingerprint density at radius 2 is 1.78 bits per heavy atom. The van der Waals surface area contributed by atoms with Gasteiger partial charge in [0.05, 0.1) is 5.52 Å². The van der Waals surface area contributed by atoms with E-state index in [1.54, 1.807) is 24.3 Å². The third-order valence-corrected chi connectivity index (χ3v) is 6.79. The molecule has 9 heteroatoms. The van der Waals surface area contributed by atoms with E-state index in [0.717, 1.165) is 16.8 Å². The zero-order chi connectivity index (χ0) is 25.7. The molecule has 0 unspecified atom stereocenters. The minimum atomic E-state index is -0.873. The molecule has 186 valence electrons. The zero-order valence-corrected chi connectivity index (χ0v) is 21.4. The van der Waals surface area contributed by atoms with Gasteiger partial charge >= 0.3 is 0 Å². The fourth-order valence-electron chi connectivity index (χ4n) is 3.93. The molecular weight excluding hydrogens is 474 g/mol. The number of hydrogen-bond donors (Lipinski definition) is 1. The summed E-state index contributed by atoms with van der Waals surface area (Å²) in [6.45, 7) is 6.09. The Hall–Kier alpha value is -3.85. The summed E-state index contributed by atoms with van der Waals surface area (Å²) < 4.78 is 1.54. The Morgan fingerprint density at radius 3 is 2.44 bits per heavy atom. The van der Waals surface area contributed by atoms with E-state index in [-0.39, 0.29) is 24.1 Å². The molecule has 2 aromatic carbocycles. The smallest absolute Gasteiger partial charge is 0.249 e. The predicted molar refractivity (Wildman–Crippen MR) is 141 cm³/mol. The molecule has 0 fully saturated rings. The van der Waals surface area contributed by atoms with Crippen molar-refractivity contribution in [2.75, 3.05) is 11.4 Å². The van der Waals surface area contributed by atoms with Gasteiger partial charge in [0.15, 0.2) is 5.78 Å². The fraction of sp³-hybridized carbons (Fsp3) is 0.296. The molecule has 1 atom stereocenters. The molecular formula is C27H29N5O3S. The summed E-state index contributed by atoms with van der Waals surface area (Å²) in [7, 11) is 0. The number of benzene rings is 2. The molecule has 0 aliphatic heterocycles. The van der Waals surface area contributed by atoms with Gasteiger partial charge in [-0.15, -0.1) is 16.4 Å². The Labute approximate surface area is 213 Å². The number of nitrogens with one attached hydrogen (secondary N) is 1. The van der Waals surface area contributed by atoms with Crippen LogP contribution in [0, 0.1) is 5.92 Å². The SMILES string of the molecule is CC(=O)c1ccc(N(C(=O)Cn2nnc3ccccc32)[C@@H](C(=O)NCCC(C)C)c2cccs2)cc1. The first kappa shape index (κ1) is 25.2. The molecule has 0 bridgehead atoms. The molecule has 0 spiro atoms. The minimum absolute atomic E-state index is 0.0743. The van der Waals surface area contributed by atoms with Gasteiger partial charge in [-0.2, -0.15) is 0 Å². The van der Waals surface area contributed by atoms with E-state index in [1.807, 2.05) is 41.8 Å². The summed E-state index contributed by atoms with van der Waals surface area (Å²) in [5.74, 6) is -0.220. The molecule has 36 heavy (non-hydrogen) atoms. The van der Waals surface area contributed by atoms with E-state index in [9.17, 15) is 14.4 Å². The van der Waals surface area contributed by atoms with Crippen molar-refractivity contribution in [1.82, 2.24) is 20.3 Å². The lowest BCUT2D eigenvalue weighted by Gasteiger charge is -2.31. The van der Waals surface area contributed by atoms with Crippen LogP contribution in [0.4, 0.5) is 5.69 Å². The van der Waals surface area contributed by atoms with Gasteiger partial charge in [0.1, 0.15) is 18.1 Å². The largest absolute Gasteiger partial charge is 0.354 e. The average Bonchev–Trinajstić information content (AvgIpc) is 3.53. The van der Waals surface area contributed by atoms with Gasteiger partial charge in [-0.05, 0) is 67.1 Å². The van der Waals surface area contributed by atoms with E-state index in [4.69, 9.17) is 0 Å². The molecule has 8 nitrogen and oxygen atoms in total. The van der Waals surface area contributed by atoms with Crippen LogP contribution in [0.2, 0.25) is 0 Å². The number of rotatable bonds is 10. The normalized spacial score (nSPS) is 12.0. The number of carbonyl (C=O) groups excluding carboxylic acids is 3. The topological polar surface area (TPSA) is 97.2 Å². The number of carbonyl (C=O) groups is 3. The van der Waals surface area contributed by atoms with E-state index in [2.05, 4.69) is 29.5 Å². The summed E-state index contributed by atoms with van der Waals surface area (Å²) in [6, 6.07) is 17.0. The number of hydrogen-bond acceptors (Lipinski definition) is 6.